The zero-order valence-corrected chi connectivity index (χ0v) is 15.0. The lowest BCUT2D eigenvalue weighted by Gasteiger charge is -2.27. The molecule has 1 heterocycles. The Balaban J connectivity index is 1.77. The van der Waals surface area contributed by atoms with E-state index in [4.69, 9.17) is 9.47 Å². The number of hydrogen-bond donors (Lipinski definition) is 1. The van der Waals surface area contributed by atoms with Gasteiger partial charge in [0.15, 0.2) is 0 Å². The van der Waals surface area contributed by atoms with Crippen LogP contribution in [-0.2, 0) is 4.74 Å². The predicted octanol–water partition coefficient (Wildman–Crippen LogP) is 2.73. The minimum absolute atomic E-state index is 0.0358. The number of benzene rings is 2. The van der Waals surface area contributed by atoms with Crippen LogP contribution in [-0.4, -0.2) is 50.1 Å². The largest absolute Gasteiger partial charge is 0.497 e. The first kappa shape index (κ1) is 17.9. The molecule has 26 heavy (non-hydrogen) atoms. The lowest BCUT2D eigenvalue weighted by molar-refractivity contribution is 0.0302. The molecule has 1 aliphatic rings. The lowest BCUT2D eigenvalue weighted by atomic mass is 10.0. The first-order valence-electron chi connectivity index (χ1n) is 8.52. The molecular weight excluding hydrogens is 332 g/mol. The van der Waals surface area contributed by atoms with Crippen LogP contribution >= 0.6 is 0 Å². The first-order valence-corrected chi connectivity index (χ1v) is 8.52. The number of methoxy groups -OCH3 is 1. The molecule has 2 amide bonds. The number of nitrogens with zero attached hydrogens (tertiary/aromatic N) is 1. The van der Waals surface area contributed by atoms with E-state index in [1.54, 1.807) is 54.5 Å². The first-order chi connectivity index (χ1) is 12.6. The van der Waals surface area contributed by atoms with Crippen molar-refractivity contribution in [2.45, 2.75) is 6.92 Å². The molecule has 6 nitrogen and oxygen atoms in total. The molecule has 1 saturated heterocycles. The molecule has 1 N–H and O–H groups in total. The summed E-state index contributed by atoms with van der Waals surface area (Å²) in [6.07, 6.45) is 0. The number of ether oxygens (including phenoxy) is 2. The molecule has 0 spiro atoms. The Kier molecular flexibility index (Phi) is 5.53. The van der Waals surface area contributed by atoms with Crippen molar-refractivity contribution < 1.29 is 19.1 Å². The molecule has 1 aliphatic heterocycles. The van der Waals surface area contributed by atoms with Gasteiger partial charge in [-0.05, 0) is 48.9 Å². The summed E-state index contributed by atoms with van der Waals surface area (Å²) >= 11 is 0. The molecule has 6 heteroatoms. The molecule has 1 fully saturated rings. The van der Waals surface area contributed by atoms with Crippen molar-refractivity contribution in [3.05, 3.63) is 59.2 Å². The van der Waals surface area contributed by atoms with Gasteiger partial charge >= 0.3 is 0 Å². The molecule has 0 radical (unpaired) electrons. The maximum absolute atomic E-state index is 12.7. The van der Waals surface area contributed by atoms with Gasteiger partial charge in [0.25, 0.3) is 11.8 Å². The molecular formula is C20H22N2O4. The number of morpholine rings is 1. The molecule has 3 rings (SSSR count). The standard InChI is InChI=1S/C20H22N2O4/c1-14-17(20(24)22-10-12-26-13-11-22)4-3-5-18(14)21-19(23)15-6-8-16(25-2)9-7-15/h3-9H,10-13H2,1-2H3,(H,21,23). The zero-order chi connectivity index (χ0) is 18.5. The number of anilines is 1. The fourth-order valence-corrected chi connectivity index (χ4v) is 2.88. The highest BCUT2D eigenvalue weighted by molar-refractivity contribution is 6.06. The highest BCUT2D eigenvalue weighted by Crippen LogP contribution is 2.22. The molecule has 136 valence electrons. The maximum atomic E-state index is 12.7. The summed E-state index contributed by atoms with van der Waals surface area (Å²) in [4.78, 5) is 27.0. The Morgan fingerprint density at radius 1 is 1.08 bits per heavy atom. The number of carbonyl (C=O) groups excluding carboxylic acids is 2. The van der Waals surface area contributed by atoms with E-state index < -0.39 is 0 Å². The minimum atomic E-state index is -0.230. The highest BCUT2D eigenvalue weighted by atomic mass is 16.5. The van der Waals surface area contributed by atoms with Gasteiger partial charge in [0.1, 0.15) is 5.75 Å². The Hall–Kier alpha value is -2.86. The third-order valence-electron chi connectivity index (χ3n) is 4.46. The molecule has 0 bridgehead atoms. The Bertz CT molecular complexity index is 796. The van der Waals surface area contributed by atoms with Crippen LogP contribution < -0.4 is 10.1 Å². The van der Waals surface area contributed by atoms with Crippen LogP contribution in [0.2, 0.25) is 0 Å². The molecule has 0 aliphatic carbocycles. The van der Waals surface area contributed by atoms with E-state index in [2.05, 4.69) is 5.32 Å². The SMILES string of the molecule is COc1ccc(C(=O)Nc2cccc(C(=O)N3CCOCC3)c2C)cc1. The van der Waals surface area contributed by atoms with Crippen molar-refractivity contribution in [2.75, 3.05) is 38.7 Å². The van der Waals surface area contributed by atoms with Crippen molar-refractivity contribution in [3.63, 3.8) is 0 Å². The molecule has 2 aromatic carbocycles. The van der Waals surface area contributed by atoms with Crippen molar-refractivity contribution in [2.24, 2.45) is 0 Å². The van der Waals surface area contributed by atoms with Crippen LogP contribution in [0.3, 0.4) is 0 Å². The van der Waals surface area contributed by atoms with Gasteiger partial charge in [0.2, 0.25) is 0 Å². The van der Waals surface area contributed by atoms with E-state index in [0.29, 0.717) is 48.9 Å². The summed E-state index contributed by atoms with van der Waals surface area (Å²) < 4.78 is 10.4. The van der Waals surface area contributed by atoms with E-state index in [9.17, 15) is 9.59 Å². The van der Waals surface area contributed by atoms with Crippen molar-refractivity contribution in [3.8, 4) is 5.75 Å². The van der Waals surface area contributed by atoms with Gasteiger partial charge < -0.3 is 19.7 Å². The summed E-state index contributed by atoms with van der Waals surface area (Å²) in [5.74, 6) is 0.425. The van der Waals surface area contributed by atoms with E-state index in [0.717, 1.165) is 5.56 Å². The minimum Gasteiger partial charge on any atom is -0.497 e. The van der Waals surface area contributed by atoms with Crippen LogP contribution in [0.4, 0.5) is 5.69 Å². The van der Waals surface area contributed by atoms with Crippen LogP contribution in [0.5, 0.6) is 5.75 Å². The van der Waals surface area contributed by atoms with Gasteiger partial charge in [0, 0.05) is 29.9 Å². The summed E-state index contributed by atoms with van der Waals surface area (Å²) in [7, 11) is 1.58. The third-order valence-corrected chi connectivity index (χ3v) is 4.46. The predicted molar refractivity (Wildman–Crippen MR) is 98.8 cm³/mol. The monoisotopic (exact) mass is 354 g/mol. The average Bonchev–Trinajstić information content (AvgIpc) is 2.69. The van der Waals surface area contributed by atoms with E-state index in [1.807, 2.05) is 6.92 Å². The summed E-state index contributed by atoms with van der Waals surface area (Å²) in [5.41, 5.74) is 2.50. The van der Waals surface area contributed by atoms with Gasteiger partial charge in [-0.25, -0.2) is 0 Å². The maximum Gasteiger partial charge on any atom is 0.255 e. The molecule has 0 aromatic heterocycles. The summed E-state index contributed by atoms with van der Waals surface area (Å²) in [6, 6.07) is 12.2. The van der Waals surface area contributed by atoms with Crippen LogP contribution in [0.1, 0.15) is 26.3 Å². The van der Waals surface area contributed by atoms with Gasteiger partial charge in [-0.2, -0.15) is 0 Å². The number of nitrogens with one attached hydrogen (secondary N) is 1. The molecule has 0 unspecified atom stereocenters. The van der Waals surface area contributed by atoms with Crippen molar-refractivity contribution in [1.29, 1.82) is 0 Å². The van der Waals surface area contributed by atoms with E-state index in [-0.39, 0.29) is 11.8 Å². The van der Waals surface area contributed by atoms with Crippen molar-refractivity contribution >= 4 is 17.5 Å². The second-order valence-electron chi connectivity index (χ2n) is 6.07. The fraction of sp³-hybridized carbons (Fsp3) is 0.300. The van der Waals surface area contributed by atoms with Gasteiger partial charge in [-0.1, -0.05) is 6.07 Å². The smallest absolute Gasteiger partial charge is 0.255 e. The Morgan fingerprint density at radius 3 is 2.42 bits per heavy atom. The van der Waals surface area contributed by atoms with Crippen LogP contribution in [0, 0.1) is 6.92 Å². The summed E-state index contributed by atoms with van der Waals surface area (Å²) in [6.45, 7) is 4.12. The molecule has 2 aromatic rings. The van der Waals surface area contributed by atoms with Gasteiger partial charge in [0.05, 0.1) is 20.3 Å². The van der Waals surface area contributed by atoms with Gasteiger partial charge in [-0.15, -0.1) is 0 Å². The highest BCUT2D eigenvalue weighted by Gasteiger charge is 2.21. The van der Waals surface area contributed by atoms with E-state index >= 15 is 0 Å². The van der Waals surface area contributed by atoms with Gasteiger partial charge in [-0.3, -0.25) is 9.59 Å². The normalized spacial score (nSPS) is 14.0. The summed E-state index contributed by atoms with van der Waals surface area (Å²) in [5, 5.41) is 2.89. The zero-order valence-electron chi connectivity index (χ0n) is 15.0. The number of amides is 2. The lowest BCUT2D eigenvalue weighted by Crippen LogP contribution is -2.41. The second kappa shape index (κ2) is 8.01. The van der Waals surface area contributed by atoms with Crippen molar-refractivity contribution in [1.82, 2.24) is 4.90 Å². The van der Waals surface area contributed by atoms with E-state index in [1.165, 1.54) is 0 Å². The van der Waals surface area contributed by atoms with Crippen LogP contribution in [0.15, 0.2) is 42.5 Å². The second-order valence-corrected chi connectivity index (χ2v) is 6.07. The number of hydrogen-bond acceptors (Lipinski definition) is 4. The quantitative estimate of drug-likeness (QED) is 0.917. The topological polar surface area (TPSA) is 67.9 Å². The Labute approximate surface area is 152 Å². The molecule has 0 atom stereocenters. The fourth-order valence-electron chi connectivity index (χ4n) is 2.88. The Morgan fingerprint density at radius 2 is 1.77 bits per heavy atom. The average molecular weight is 354 g/mol. The number of carbonyl (C=O) groups is 2. The number of rotatable bonds is 4. The third kappa shape index (κ3) is 3.86. The van der Waals surface area contributed by atoms with Crippen LogP contribution in [0.25, 0.3) is 0 Å². The molecule has 0 saturated carbocycles.